The average molecular weight is 247 g/mol. The van der Waals surface area contributed by atoms with Gasteiger partial charge in [0.25, 0.3) is 0 Å². The highest BCUT2D eigenvalue weighted by molar-refractivity contribution is 5.72. The first-order valence-corrected chi connectivity index (χ1v) is 5.53. The number of carboxylic acid groups (broad SMARTS) is 1. The summed E-state index contributed by atoms with van der Waals surface area (Å²) >= 11 is 0. The molecule has 0 spiro atoms. The first-order valence-electron chi connectivity index (χ1n) is 5.53. The van der Waals surface area contributed by atoms with Crippen molar-refractivity contribution in [1.82, 2.24) is 10.1 Å². The fraction of sp³-hybridized carbons (Fsp3) is 0.250. The summed E-state index contributed by atoms with van der Waals surface area (Å²) in [7, 11) is 0. The Hall–Kier alpha value is -2.21. The number of hydrogen-bond donors (Lipinski definition) is 2. The van der Waals surface area contributed by atoms with E-state index in [2.05, 4.69) is 10.1 Å². The molecule has 0 unspecified atom stereocenters. The third-order valence-electron chi connectivity index (χ3n) is 2.49. The van der Waals surface area contributed by atoms with Gasteiger partial charge in [-0.15, -0.1) is 0 Å². The fourth-order valence-corrected chi connectivity index (χ4v) is 1.46. The number of nitrogens with two attached hydrogens (primary N) is 1. The highest BCUT2D eigenvalue weighted by Gasteiger charge is 2.14. The van der Waals surface area contributed by atoms with Crippen LogP contribution in [0.3, 0.4) is 0 Å². The molecular formula is C12H13N3O3. The Morgan fingerprint density at radius 3 is 2.78 bits per heavy atom. The fourth-order valence-electron chi connectivity index (χ4n) is 1.46. The van der Waals surface area contributed by atoms with Crippen molar-refractivity contribution in [2.45, 2.75) is 18.9 Å². The van der Waals surface area contributed by atoms with Crippen molar-refractivity contribution in [2.75, 3.05) is 0 Å². The van der Waals surface area contributed by atoms with Gasteiger partial charge in [0.05, 0.1) is 0 Å². The maximum atomic E-state index is 10.6. The minimum Gasteiger partial charge on any atom is -0.480 e. The summed E-state index contributed by atoms with van der Waals surface area (Å²) in [5.41, 5.74) is 6.25. The molecule has 0 amide bonds. The van der Waals surface area contributed by atoms with Crippen LogP contribution in [0.25, 0.3) is 11.4 Å². The third kappa shape index (κ3) is 2.92. The SMILES string of the molecule is N[C@H](CCc1nc(-c2ccccc2)no1)C(=O)O. The molecule has 6 nitrogen and oxygen atoms in total. The lowest BCUT2D eigenvalue weighted by Crippen LogP contribution is -2.30. The molecule has 0 saturated carbocycles. The Morgan fingerprint density at radius 1 is 1.39 bits per heavy atom. The van der Waals surface area contributed by atoms with Crippen LogP contribution in [0.5, 0.6) is 0 Å². The lowest BCUT2D eigenvalue weighted by Gasteiger charge is -2.01. The van der Waals surface area contributed by atoms with E-state index < -0.39 is 12.0 Å². The van der Waals surface area contributed by atoms with Crippen molar-refractivity contribution in [1.29, 1.82) is 0 Å². The van der Waals surface area contributed by atoms with Crippen LogP contribution in [0, 0.1) is 0 Å². The molecule has 0 aliphatic rings. The summed E-state index contributed by atoms with van der Waals surface area (Å²) in [5.74, 6) is -0.141. The molecule has 0 aliphatic heterocycles. The normalized spacial score (nSPS) is 12.3. The number of carbonyl (C=O) groups is 1. The van der Waals surface area contributed by atoms with Crippen LogP contribution in [-0.4, -0.2) is 27.3 Å². The van der Waals surface area contributed by atoms with Crippen LogP contribution in [0.15, 0.2) is 34.9 Å². The van der Waals surface area contributed by atoms with E-state index >= 15 is 0 Å². The first-order chi connectivity index (χ1) is 8.66. The standard InChI is InChI=1S/C12H13N3O3/c13-9(12(16)17)6-7-10-14-11(15-18-10)8-4-2-1-3-5-8/h1-5,9H,6-7,13H2,(H,16,17)/t9-/m1/s1. The highest BCUT2D eigenvalue weighted by Crippen LogP contribution is 2.15. The van der Waals surface area contributed by atoms with Crippen molar-refractivity contribution in [3.05, 3.63) is 36.2 Å². The van der Waals surface area contributed by atoms with Crippen LogP contribution in [-0.2, 0) is 11.2 Å². The average Bonchev–Trinajstić information content (AvgIpc) is 2.85. The number of aromatic nitrogens is 2. The van der Waals surface area contributed by atoms with Crippen LogP contribution in [0.1, 0.15) is 12.3 Å². The van der Waals surface area contributed by atoms with Gasteiger partial charge in [-0.3, -0.25) is 4.79 Å². The zero-order valence-electron chi connectivity index (χ0n) is 9.61. The first kappa shape index (κ1) is 12.3. The van der Waals surface area contributed by atoms with Gasteiger partial charge >= 0.3 is 5.97 Å². The minimum absolute atomic E-state index is 0.270. The lowest BCUT2D eigenvalue weighted by molar-refractivity contribution is -0.138. The number of hydrogen-bond acceptors (Lipinski definition) is 5. The summed E-state index contributed by atoms with van der Waals surface area (Å²) in [4.78, 5) is 14.7. The van der Waals surface area contributed by atoms with Gasteiger partial charge in [0.1, 0.15) is 6.04 Å². The second kappa shape index (κ2) is 5.42. The van der Waals surface area contributed by atoms with E-state index in [-0.39, 0.29) is 6.42 Å². The molecule has 1 heterocycles. The summed E-state index contributed by atoms with van der Waals surface area (Å²) in [6, 6.07) is 8.50. The quantitative estimate of drug-likeness (QED) is 0.819. The molecule has 0 radical (unpaired) electrons. The van der Waals surface area contributed by atoms with E-state index in [4.69, 9.17) is 15.4 Å². The van der Waals surface area contributed by atoms with Crippen LogP contribution in [0.2, 0.25) is 0 Å². The third-order valence-corrected chi connectivity index (χ3v) is 2.49. The van der Waals surface area contributed by atoms with Crippen LogP contribution in [0.4, 0.5) is 0 Å². The van der Waals surface area contributed by atoms with Gasteiger partial charge in [0.15, 0.2) is 0 Å². The van der Waals surface area contributed by atoms with E-state index in [1.165, 1.54) is 0 Å². The van der Waals surface area contributed by atoms with Crippen molar-refractivity contribution < 1.29 is 14.4 Å². The van der Waals surface area contributed by atoms with Crippen molar-refractivity contribution in [3.8, 4) is 11.4 Å². The molecule has 2 rings (SSSR count). The van der Waals surface area contributed by atoms with Gasteiger partial charge in [-0.05, 0) is 6.42 Å². The molecule has 18 heavy (non-hydrogen) atoms. The van der Waals surface area contributed by atoms with Gasteiger partial charge in [-0.25, -0.2) is 0 Å². The molecule has 1 atom stereocenters. The monoisotopic (exact) mass is 247 g/mol. The van der Waals surface area contributed by atoms with E-state index in [9.17, 15) is 4.79 Å². The zero-order valence-corrected chi connectivity index (χ0v) is 9.61. The van der Waals surface area contributed by atoms with Crippen molar-refractivity contribution in [3.63, 3.8) is 0 Å². The second-order valence-corrected chi connectivity index (χ2v) is 3.86. The van der Waals surface area contributed by atoms with E-state index in [1.807, 2.05) is 30.3 Å². The van der Waals surface area contributed by atoms with Crippen LogP contribution < -0.4 is 5.73 Å². The summed E-state index contributed by atoms with van der Waals surface area (Å²) < 4.78 is 5.04. The molecule has 0 saturated heterocycles. The Kier molecular flexibility index (Phi) is 3.69. The molecule has 3 N–H and O–H groups in total. The van der Waals surface area contributed by atoms with E-state index in [0.717, 1.165) is 5.56 Å². The van der Waals surface area contributed by atoms with E-state index in [1.54, 1.807) is 0 Å². The largest absolute Gasteiger partial charge is 0.480 e. The number of aryl methyl sites for hydroxylation is 1. The van der Waals surface area contributed by atoms with Gasteiger partial charge in [0, 0.05) is 12.0 Å². The summed E-state index contributed by atoms with van der Waals surface area (Å²) in [6.07, 6.45) is 0.624. The zero-order chi connectivity index (χ0) is 13.0. The van der Waals surface area contributed by atoms with Gasteiger partial charge in [-0.2, -0.15) is 4.98 Å². The maximum absolute atomic E-state index is 10.6. The second-order valence-electron chi connectivity index (χ2n) is 3.86. The summed E-state index contributed by atoms with van der Waals surface area (Å²) in [5, 5.41) is 12.5. The number of aliphatic carboxylic acids is 1. The summed E-state index contributed by atoms with van der Waals surface area (Å²) in [6.45, 7) is 0. The predicted molar refractivity (Wildman–Crippen MR) is 63.7 cm³/mol. The number of rotatable bonds is 5. The van der Waals surface area contributed by atoms with Crippen molar-refractivity contribution >= 4 is 5.97 Å². The predicted octanol–water partition coefficient (Wildman–Crippen LogP) is 1.08. The molecular weight excluding hydrogens is 234 g/mol. The molecule has 1 aromatic carbocycles. The number of nitrogens with zero attached hydrogens (tertiary/aromatic N) is 2. The molecule has 0 bridgehead atoms. The van der Waals surface area contributed by atoms with Gasteiger partial charge < -0.3 is 15.4 Å². The molecule has 0 aliphatic carbocycles. The van der Waals surface area contributed by atoms with Gasteiger partial charge in [-0.1, -0.05) is 35.5 Å². The Morgan fingerprint density at radius 2 is 2.11 bits per heavy atom. The minimum atomic E-state index is -1.03. The maximum Gasteiger partial charge on any atom is 0.320 e. The van der Waals surface area contributed by atoms with E-state index in [0.29, 0.717) is 18.1 Å². The molecule has 6 heteroatoms. The van der Waals surface area contributed by atoms with Crippen molar-refractivity contribution in [2.24, 2.45) is 5.73 Å². The van der Waals surface area contributed by atoms with Crippen LogP contribution >= 0.6 is 0 Å². The molecule has 0 fully saturated rings. The van der Waals surface area contributed by atoms with Gasteiger partial charge in [0.2, 0.25) is 11.7 Å². The Labute approximate surface area is 103 Å². The number of benzene rings is 1. The smallest absolute Gasteiger partial charge is 0.320 e. The Bertz CT molecular complexity index is 524. The highest BCUT2D eigenvalue weighted by atomic mass is 16.5. The Balaban J connectivity index is 2.01. The number of carboxylic acids is 1. The molecule has 94 valence electrons. The molecule has 1 aromatic heterocycles. The molecule has 2 aromatic rings. The topological polar surface area (TPSA) is 102 Å². The lowest BCUT2D eigenvalue weighted by atomic mass is 10.2.